The molecule has 0 aliphatic heterocycles. The first-order valence-corrected chi connectivity index (χ1v) is 3.48. The van der Waals surface area contributed by atoms with Crippen LogP contribution in [0.3, 0.4) is 0 Å². The van der Waals surface area contributed by atoms with Gasteiger partial charge >= 0.3 is 0 Å². The van der Waals surface area contributed by atoms with Crippen molar-refractivity contribution in [3.05, 3.63) is 25.3 Å². The molecule has 2 heteroatoms. The van der Waals surface area contributed by atoms with Gasteiger partial charge in [0.15, 0.2) is 0 Å². The molecule has 0 heterocycles. The summed E-state index contributed by atoms with van der Waals surface area (Å²) in [5.74, 6) is 2.49. The number of hydrazine groups is 1. The number of hydrogen-bond acceptors (Lipinski definition) is 2. The summed E-state index contributed by atoms with van der Waals surface area (Å²) in [6, 6.07) is 0. The summed E-state index contributed by atoms with van der Waals surface area (Å²) in [4.78, 5) is 0. The molecule has 0 aromatic rings. The molecule has 1 N–H and O–H groups in total. The van der Waals surface area contributed by atoms with E-state index in [2.05, 4.69) is 24.5 Å². The molecule has 0 amide bonds. The van der Waals surface area contributed by atoms with Crippen LogP contribution in [-0.2, 0) is 0 Å². The molecular weight excluding hydrogens is 136 g/mol. The van der Waals surface area contributed by atoms with Gasteiger partial charge in [-0.3, -0.25) is 0 Å². The van der Waals surface area contributed by atoms with Crippen LogP contribution in [0.5, 0.6) is 0 Å². The third-order valence-electron chi connectivity index (χ3n) is 1.10. The Morgan fingerprint density at radius 3 is 2.27 bits per heavy atom. The Morgan fingerprint density at radius 2 is 1.91 bits per heavy atom. The van der Waals surface area contributed by atoms with Gasteiger partial charge in [0.25, 0.3) is 0 Å². The molecule has 0 aromatic heterocycles. The van der Waals surface area contributed by atoms with E-state index in [0.29, 0.717) is 6.54 Å². The molecule has 0 spiro atoms. The molecule has 60 valence electrons. The van der Waals surface area contributed by atoms with Crippen LogP contribution in [0, 0.1) is 12.3 Å². The SMILES string of the molecule is C#CCNN(CC=C)CC=C. The van der Waals surface area contributed by atoms with Gasteiger partial charge < -0.3 is 0 Å². The molecule has 0 aliphatic carbocycles. The van der Waals surface area contributed by atoms with Gasteiger partial charge in [-0.1, -0.05) is 18.1 Å². The fraction of sp³-hybridized carbons (Fsp3) is 0.333. The second kappa shape index (κ2) is 7.07. The molecule has 0 atom stereocenters. The van der Waals surface area contributed by atoms with Crippen molar-refractivity contribution in [3.63, 3.8) is 0 Å². The molecule has 0 bridgehead atoms. The number of nitrogens with zero attached hydrogens (tertiary/aromatic N) is 1. The normalized spacial score (nSPS) is 9.09. The van der Waals surface area contributed by atoms with Crippen molar-refractivity contribution in [2.75, 3.05) is 19.6 Å². The summed E-state index contributed by atoms with van der Waals surface area (Å²) in [7, 11) is 0. The van der Waals surface area contributed by atoms with Crippen LogP contribution in [0.4, 0.5) is 0 Å². The van der Waals surface area contributed by atoms with E-state index in [1.165, 1.54) is 0 Å². The average molecular weight is 150 g/mol. The quantitative estimate of drug-likeness (QED) is 0.342. The topological polar surface area (TPSA) is 15.3 Å². The Kier molecular flexibility index (Phi) is 6.40. The summed E-state index contributed by atoms with van der Waals surface area (Å²) in [5, 5.41) is 1.94. The smallest absolute Gasteiger partial charge is 0.0712 e. The lowest BCUT2D eigenvalue weighted by molar-refractivity contribution is 0.248. The highest BCUT2D eigenvalue weighted by molar-refractivity contribution is 4.87. The van der Waals surface area contributed by atoms with Gasteiger partial charge in [-0.05, 0) is 0 Å². The minimum Gasteiger partial charge on any atom is -0.243 e. The van der Waals surface area contributed by atoms with E-state index in [4.69, 9.17) is 6.42 Å². The molecule has 0 saturated heterocycles. The highest BCUT2D eigenvalue weighted by Crippen LogP contribution is 1.81. The minimum atomic E-state index is 0.543. The van der Waals surface area contributed by atoms with E-state index in [-0.39, 0.29) is 0 Å². The van der Waals surface area contributed by atoms with Crippen LogP contribution in [-0.4, -0.2) is 24.6 Å². The predicted octanol–water partition coefficient (Wildman–Crippen LogP) is 0.798. The molecule has 0 unspecified atom stereocenters. The van der Waals surface area contributed by atoms with E-state index in [9.17, 15) is 0 Å². The molecule has 11 heavy (non-hydrogen) atoms. The maximum Gasteiger partial charge on any atom is 0.0712 e. The zero-order valence-corrected chi connectivity index (χ0v) is 6.71. The lowest BCUT2D eigenvalue weighted by Crippen LogP contribution is -2.38. The van der Waals surface area contributed by atoms with Gasteiger partial charge in [0.05, 0.1) is 6.54 Å². The molecule has 2 nitrogen and oxygen atoms in total. The number of nitrogens with one attached hydrogen (secondary N) is 1. The standard InChI is InChI=1S/C9H14N2/c1-4-7-10-11(8-5-2)9-6-3/h1,5-6,10H,2-3,7-9H2. The lowest BCUT2D eigenvalue weighted by Gasteiger charge is -2.17. The van der Waals surface area contributed by atoms with Gasteiger partial charge in [0.1, 0.15) is 0 Å². The third kappa shape index (κ3) is 5.41. The Hall–Kier alpha value is -1.04. The van der Waals surface area contributed by atoms with Crippen LogP contribution in [0.1, 0.15) is 0 Å². The fourth-order valence-electron chi connectivity index (χ4n) is 0.673. The highest BCUT2D eigenvalue weighted by Gasteiger charge is 1.95. The van der Waals surface area contributed by atoms with Crippen molar-refractivity contribution < 1.29 is 0 Å². The molecule has 0 aliphatic rings. The second-order valence-electron chi connectivity index (χ2n) is 2.02. The number of terminal acetylenes is 1. The highest BCUT2D eigenvalue weighted by atomic mass is 15.5. The Morgan fingerprint density at radius 1 is 1.36 bits per heavy atom. The first-order valence-electron chi connectivity index (χ1n) is 3.48. The molecule has 0 aromatic carbocycles. The first-order chi connectivity index (χ1) is 5.35. The molecular formula is C9H14N2. The maximum absolute atomic E-state index is 5.08. The van der Waals surface area contributed by atoms with Gasteiger partial charge in [-0.25, -0.2) is 10.4 Å². The minimum absolute atomic E-state index is 0.543. The van der Waals surface area contributed by atoms with Crippen LogP contribution >= 0.6 is 0 Å². The van der Waals surface area contributed by atoms with E-state index in [1.54, 1.807) is 0 Å². The van der Waals surface area contributed by atoms with Crippen LogP contribution in [0.2, 0.25) is 0 Å². The maximum atomic E-state index is 5.08. The van der Waals surface area contributed by atoms with Crippen molar-refractivity contribution in [2.24, 2.45) is 0 Å². The molecule has 0 radical (unpaired) electrons. The van der Waals surface area contributed by atoms with Gasteiger partial charge in [-0.2, -0.15) is 0 Å². The van der Waals surface area contributed by atoms with Crippen LogP contribution < -0.4 is 5.43 Å². The van der Waals surface area contributed by atoms with Crippen LogP contribution in [0.15, 0.2) is 25.3 Å². The zero-order chi connectivity index (χ0) is 8.53. The second-order valence-corrected chi connectivity index (χ2v) is 2.02. The number of hydrogen-bond donors (Lipinski definition) is 1. The summed E-state index contributed by atoms with van der Waals surface area (Å²) < 4.78 is 0. The summed E-state index contributed by atoms with van der Waals surface area (Å²) in [5.41, 5.74) is 3.03. The van der Waals surface area contributed by atoms with Crippen molar-refractivity contribution in [1.82, 2.24) is 10.4 Å². The first kappa shape index (κ1) is 9.96. The molecule has 0 rings (SSSR count). The lowest BCUT2D eigenvalue weighted by atomic mass is 10.5. The van der Waals surface area contributed by atoms with E-state index in [1.807, 2.05) is 17.2 Å². The van der Waals surface area contributed by atoms with E-state index in [0.717, 1.165) is 13.1 Å². The predicted molar refractivity (Wildman–Crippen MR) is 48.8 cm³/mol. The monoisotopic (exact) mass is 150 g/mol. The van der Waals surface area contributed by atoms with Gasteiger partial charge in [0.2, 0.25) is 0 Å². The van der Waals surface area contributed by atoms with Crippen molar-refractivity contribution in [3.8, 4) is 12.3 Å². The summed E-state index contributed by atoms with van der Waals surface area (Å²) >= 11 is 0. The van der Waals surface area contributed by atoms with Gasteiger partial charge in [0, 0.05) is 13.1 Å². The van der Waals surface area contributed by atoms with Crippen molar-refractivity contribution in [2.45, 2.75) is 0 Å². The Labute approximate surface area is 68.6 Å². The summed E-state index contributed by atoms with van der Waals surface area (Å²) in [6.45, 7) is 9.33. The largest absolute Gasteiger partial charge is 0.243 e. The van der Waals surface area contributed by atoms with E-state index >= 15 is 0 Å². The molecule has 0 saturated carbocycles. The molecule has 0 fully saturated rings. The Balaban J connectivity index is 3.60. The van der Waals surface area contributed by atoms with Crippen molar-refractivity contribution in [1.29, 1.82) is 0 Å². The van der Waals surface area contributed by atoms with Crippen LogP contribution in [0.25, 0.3) is 0 Å². The Bertz CT molecular complexity index is 145. The number of rotatable bonds is 6. The third-order valence-corrected chi connectivity index (χ3v) is 1.10. The van der Waals surface area contributed by atoms with Gasteiger partial charge in [-0.15, -0.1) is 19.6 Å². The van der Waals surface area contributed by atoms with Crippen molar-refractivity contribution >= 4 is 0 Å². The van der Waals surface area contributed by atoms with E-state index < -0.39 is 0 Å². The average Bonchev–Trinajstić information content (AvgIpc) is 2.01. The summed E-state index contributed by atoms with van der Waals surface area (Å²) in [6.07, 6.45) is 8.70. The zero-order valence-electron chi connectivity index (χ0n) is 6.71. The fourth-order valence-corrected chi connectivity index (χ4v) is 0.673.